The van der Waals surface area contributed by atoms with Crippen LogP contribution in [0.1, 0.15) is 40.0 Å². The minimum absolute atomic E-state index is 0.178. The lowest BCUT2D eigenvalue weighted by molar-refractivity contribution is 0.0698. The second kappa shape index (κ2) is 7.57. The molecule has 4 aromatic rings. The number of nitrogens with one attached hydrogen (secondary N) is 1. The lowest BCUT2D eigenvalue weighted by atomic mass is 9.98. The summed E-state index contributed by atoms with van der Waals surface area (Å²) in [4.78, 5) is 24.9. The smallest absolute Gasteiger partial charge is 0.337 e. The van der Waals surface area contributed by atoms with Gasteiger partial charge in [0.05, 0.1) is 17.0 Å². The first-order valence-corrected chi connectivity index (χ1v) is 10.4. The standard InChI is InChI=1S/C26H21NO5/c1-14-11-19(15(2)27-21-10-6-5-9-18(21)26(29)30)23-20(12-14)22(28)25-24(32-23)17-8-4-3-7-16(17)13-31-25/h3-12,15,27H,13H2,1-2H3,(H,29,30). The summed E-state index contributed by atoms with van der Waals surface area (Å²) in [5.74, 6) is -0.360. The van der Waals surface area contributed by atoms with Gasteiger partial charge in [-0.25, -0.2) is 4.79 Å². The van der Waals surface area contributed by atoms with E-state index in [1.54, 1.807) is 30.3 Å². The Kier molecular flexibility index (Phi) is 4.70. The van der Waals surface area contributed by atoms with E-state index in [1.165, 1.54) is 0 Å². The van der Waals surface area contributed by atoms with E-state index >= 15 is 0 Å². The lowest BCUT2D eigenvalue weighted by Crippen LogP contribution is -2.16. The van der Waals surface area contributed by atoms with Crippen molar-refractivity contribution in [2.75, 3.05) is 5.32 Å². The van der Waals surface area contributed by atoms with Crippen molar-refractivity contribution in [2.45, 2.75) is 26.5 Å². The molecule has 2 N–H and O–H groups in total. The molecule has 1 aliphatic heterocycles. The van der Waals surface area contributed by atoms with Crippen molar-refractivity contribution in [3.05, 3.63) is 93.1 Å². The topological polar surface area (TPSA) is 88.8 Å². The fourth-order valence-electron chi connectivity index (χ4n) is 4.21. The average molecular weight is 427 g/mol. The third kappa shape index (κ3) is 3.21. The minimum atomic E-state index is -1.01. The van der Waals surface area contributed by atoms with Crippen molar-refractivity contribution in [2.24, 2.45) is 0 Å². The van der Waals surface area contributed by atoms with Crippen LogP contribution in [-0.4, -0.2) is 11.1 Å². The summed E-state index contributed by atoms with van der Waals surface area (Å²) in [5.41, 5.74) is 4.40. The fourth-order valence-corrected chi connectivity index (χ4v) is 4.21. The number of benzene rings is 3. The van der Waals surface area contributed by atoms with Gasteiger partial charge in [-0.05, 0) is 37.6 Å². The van der Waals surface area contributed by atoms with Crippen LogP contribution in [0.25, 0.3) is 22.3 Å². The third-order valence-corrected chi connectivity index (χ3v) is 5.75. The molecule has 5 rings (SSSR count). The summed E-state index contributed by atoms with van der Waals surface area (Å²) in [6.45, 7) is 4.15. The number of ether oxygens (including phenoxy) is 1. The Hall–Kier alpha value is -4.06. The quantitative estimate of drug-likeness (QED) is 0.445. The number of para-hydroxylation sites is 1. The summed E-state index contributed by atoms with van der Waals surface area (Å²) >= 11 is 0. The van der Waals surface area contributed by atoms with Crippen LogP contribution in [0.4, 0.5) is 5.69 Å². The van der Waals surface area contributed by atoms with Crippen LogP contribution in [0.3, 0.4) is 0 Å². The maximum atomic E-state index is 13.3. The molecule has 1 aromatic heterocycles. The fraction of sp³-hybridized carbons (Fsp3) is 0.154. The minimum Gasteiger partial charge on any atom is -0.481 e. The number of carboxylic acids is 1. The molecule has 6 nitrogen and oxygen atoms in total. The highest BCUT2D eigenvalue weighted by atomic mass is 16.5. The number of carbonyl (C=O) groups is 1. The molecule has 6 heteroatoms. The highest BCUT2D eigenvalue weighted by Crippen LogP contribution is 2.39. The van der Waals surface area contributed by atoms with Gasteiger partial charge >= 0.3 is 5.97 Å². The predicted octanol–water partition coefficient (Wildman–Crippen LogP) is 5.53. The molecule has 1 aliphatic rings. The molecule has 0 amide bonds. The predicted molar refractivity (Wildman–Crippen MR) is 122 cm³/mol. The zero-order valence-electron chi connectivity index (χ0n) is 17.6. The first-order valence-electron chi connectivity index (χ1n) is 10.4. The average Bonchev–Trinajstić information content (AvgIpc) is 2.79. The van der Waals surface area contributed by atoms with E-state index in [4.69, 9.17) is 9.15 Å². The Labute approximate surface area is 184 Å². The number of fused-ring (bicyclic) bond motifs is 4. The van der Waals surface area contributed by atoms with E-state index in [2.05, 4.69) is 5.32 Å². The van der Waals surface area contributed by atoms with Gasteiger partial charge in [-0.15, -0.1) is 0 Å². The molecule has 160 valence electrons. The monoisotopic (exact) mass is 427 g/mol. The van der Waals surface area contributed by atoms with Gasteiger partial charge in [0, 0.05) is 22.4 Å². The van der Waals surface area contributed by atoms with E-state index in [1.807, 2.05) is 44.2 Å². The molecule has 0 radical (unpaired) electrons. The number of rotatable bonds is 4. The lowest BCUT2D eigenvalue weighted by Gasteiger charge is -2.22. The molecule has 0 aliphatic carbocycles. The van der Waals surface area contributed by atoms with E-state index in [0.717, 1.165) is 22.3 Å². The Morgan fingerprint density at radius 2 is 1.84 bits per heavy atom. The molecule has 0 bridgehead atoms. The van der Waals surface area contributed by atoms with Crippen LogP contribution < -0.4 is 15.5 Å². The first-order chi connectivity index (χ1) is 15.4. The van der Waals surface area contributed by atoms with Gasteiger partial charge in [0.25, 0.3) is 0 Å². The number of carboxylic acid groups (broad SMARTS) is 1. The van der Waals surface area contributed by atoms with Gasteiger partial charge in [0.1, 0.15) is 12.2 Å². The van der Waals surface area contributed by atoms with Crippen molar-refractivity contribution in [3.8, 4) is 17.1 Å². The van der Waals surface area contributed by atoms with Gasteiger partial charge in [-0.2, -0.15) is 0 Å². The van der Waals surface area contributed by atoms with Crippen molar-refractivity contribution in [1.82, 2.24) is 0 Å². The van der Waals surface area contributed by atoms with Crippen LogP contribution in [0, 0.1) is 6.92 Å². The van der Waals surface area contributed by atoms with Gasteiger partial charge in [-0.3, -0.25) is 4.79 Å². The van der Waals surface area contributed by atoms with Crippen LogP contribution >= 0.6 is 0 Å². The van der Waals surface area contributed by atoms with Crippen molar-refractivity contribution >= 4 is 22.6 Å². The summed E-state index contributed by atoms with van der Waals surface area (Å²) in [6.07, 6.45) is 0. The van der Waals surface area contributed by atoms with Crippen LogP contribution in [0.5, 0.6) is 5.75 Å². The Balaban J connectivity index is 1.69. The molecule has 1 unspecified atom stereocenters. The highest BCUT2D eigenvalue weighted by Gasteiger charge is 2.26. The highest BCUT2D eigenvalue weighted by molar-refractivity contribution is 5.94. The summed E-state index contributed by atoms with van der Waals surface area (Å²) in [6, 6.07) is 17.9. The van der Waals surface area contributed by atoms with E-state index in [-0.39, 0.29) is 22.8 Å². The summed E-state index contributed by atoms with van der Waals surface area (Å²) in [5, 5.41) is 13.2. The van der Waals surface area contributed by atoms with E-state index in [9.17, 15) is 14.7 Å². The van der Waals surface area contributed by atoms with Crippen LogP contribution in [0.15, 0.2) is 69.9 Å². The van der Waals surface area contributed by atoms with Gasteiger partial charge in [0.2, 0.25) is 11.2 Å². The maximum Gasteiger partial charge on any atom is 0.337 e. The normalized spacial score (nSPS) is 13.1. The van der Waals surface area contributed by atoms with E-state index < -0.39 is 5.97 Å². The second-order valence-corrected chi connectivity index (χ2v) is 7.98. The molecule has 0 fully saturated rings. The number of aromatic carboxylic acids is 1. The number of hydrogen-bond donors (Lipinski definition) is 2. The Bertz CT molecular complexity index is 1440. The zero-order valence-corrected chi connectivity index (χ0v) is 17.6. The Morgan fingerprint density at radius 3 is 2.66 bits per heavy atom. The second-order valence-electron chi connectivity index (χ2n) is 7.98. The first kappa shape index (κ1) is 19.9. The molecule has 1 atom stereocenters. The summed E-state index contributed by atoms with van der Waals surface area (Å²) < 4.78 is 12.1. The largest absolute Gasteiger partial charge is 0.481 e. The third-order valence-electron chi connectivity index (χ3n) is 5.75. The van der Waals surface area contributed by atoms with Gasteiger partial charge in [0.15, 0.2) is 5.76 Å². The van der Waals surface area contributed by atoms with Gasteiger partial charge < -0.3 is 19.6 Å². The molecule has 0 saturated heterocycles. The van der Waals surface area contributed by atoms with Crippen LogP contribution in [-0.2, 0) is 6.61 Å². The molecule has 2 heterocycles. The van der Waals surface area contributed by atoms with Gasteiger partial charge in [-0.1, -0.05) is 42.5 Å². The number of hydrogen-bond acceptors (Lipinski definition) is 5. The molecule has 0 saturated carbocycles. The maximum absolute atomic E-state index is 13.3. The zero-order chi connectivity index (χ0) is 22.4. The Morgan fingerprint density at radius 1 is 1.09 bits per heavy atom. The molecular weight excluding hydrogens is 406 g/mol. The molecule has 0 spiro atoms. The van der Waals surface area contributed by atoms with Crippen molar-refractivity contribution in [3.63, 3.8) is 0 Å². The molecule has 3 aromatic carbocycles. The number of aryl methyl sites for hydroxylation is 1. The summed E-state index contributed by atoms with van der Waals surface area (Å²) in [7, 11) is 0. The van der Waals surface area contributed by atoms with Crippen molar-refractivity contribution in [1.29, 1.82) is 0 Å². The molecular formula is C26H21NO5. The molecule has 32 heavy (non-hydrogen) atoms. The van der Waals surface area contributed by atoms with Crippen LogP contribution in [0.2, 0.25) is 0 Å². The number of anilines is 1. The SMILES string of the molecule is Cc1cc(C(C)Nc2ccccc2C(=O)O)c2oc3c(c(=O)c2c1)OCc1ccccc1-3. The van der Waals surface area contributed by atoms with E-state index in [0.29, 0.717) is 29.0 Å². The van der Waals surface area contributed by atoms with Crippen molar-refractivity contribution < 1.29 is 19.1 Å².